The van der Waals surface area contributed by atoms with Gasteiger partial charge < -0.3 is 0 Å². The van der Waals surface area contributed by atoms with E-state index in [1.807, 2.05) is 0 Å². The van der Waals surface area contributed by atoms with Crippen LogP contribution in [-0.4, -0.2) is 0 Å². The normalized spacial score (nSPS) is 54.0. The fourth-order valence-electron chi connectivity index (χ4n) is 8.65. The Morgan fingerprint density at radius 1 is 0.792 bits per heavy atom. The Hall–Kier alpha value is 0. The Morgan fingerprint density at radius 3 is 2.29 bits per heavy atom. The summed E-state index contributed by atoms with van der Waals surface area (Å²) in [6, 6.07) is 0. The molecule has 0 aromatic rings. The molecule has 0 radical (unpaired) electrons. The van der Waals surface area contributed by atoms with Crippen LogP contribution < -0.4 is 0 Å². The van der Waals surface area contributed by atoms with E-state index in [2.05, 4.69) is 27.7 Å². The Morgan fingerprint density at radius 2 is 1.54 bits per heavy atom. The molecule has 0 nitrogen and oxygen atoms in total. The summed E-state index contributed by atoms with van der Waals surface area (Å²) in [6.07, 6.45) is 18.4. The second-order valence-corrected chi connectivity index (χ2v) is 10.8. The number of rotatable bonds is 3. The monoisotopic (exact) mass is 330 g/mol. The van der Waals surface area contributed by atoms with E-state index >= 15 is 0 Å². The Kier molecular flexibility index (Phi) is 4.58. The quantitative estimate of drug-likeness (QED) is 0.503. The van der Waals surface area contributed by atoms with Gasteiger partial charge in [0.1, 0.15) is 0 Å². The lowest BCUT2D eigenvalue weighted by Gasteiger charge is -2.61. The van der Waals surface area contributed by atoms with Crippen molar-refractivity contribution in [1.82, 2.24) is 0 Å². The molecular weight excluding hydrogens is 288 g/mol. The summed E-state index contributed by atoms with van der Waals surface area (Å²) in [5.74, 6) is 6.41. The topological polar surface area (TPSA) is 0 Å². The van der Waals surface area contributed by atoms with Gasteiger partial charge in [-0.05, 0) is 104 Å². The van der Waals surface area contributed by atoms with Gasteiger partial charge in [0.15, 0.2) is 0 Å². The van der Waals surface area contributed by atoms with E-state index in [0.717, 1.165) is 35.5 Å². The minimum Gasteiger partial charge on any atom is -0.0654 e. The van der Waals surface area contributed by atoms with E-state index in [0.29, 0.717) is 10.8 Å². The second kappa shape index (κ2) is 6.31. The van der Waals surface area contributed by atoms with Crippen molar-refractivity contribution in [1.29, 1.82) is 0 Å². The summed E-state index contributed by atoms with van der Waals surface area (Å²) < 4.78 is 0. The van der Waals surface area contributed by atoms with Gasteiger partial charge in [0, 0.05) is 0 Å². The maximum atomic E-state index is 2.74. The van der Waals surface area contributed by atoms with Gasteiger partial charge >= 0.3 is 0 Å². The summed E-state index contributed by atoms with van der Waals surface area (Å²) >= 11 is 0. The van der Waals surface area contributed by atoms with Crippen LogP contribution in [0, 0.1) is 46.3 Å². The molecule has 138 valence electrons. The van der Waals surface area contributed by atoms with Crippen LogP contribution in [0.1, 0.15) is 105 Å². The molecule has 0 spiro atoms. The highest BCUT2D eigenvalue weighted by atomic mass is 14.6. The lowest BCUT2D eigenvalue weighted by atomic mass is 9.44. The minimum atomic E-state index is 0.707. The molecule has 0 bridgehead atoms. The average molecular weight is 331 g/mol. The molecule has 0 aromatic heterocycles. The molecule has 24 heavy (non-hydrogen) atoms. The van der Waals surface area contributed by atoms with E-state index in [-0.39, 0.29) is 0 Å². The van der Waals surface area contributed by atoms with Crippen LogP contribution in [0.25, 0.3) is 0 Å². The fraction of sp³-hybridized carbons (Fsp3) is 1.00. The molecule has 4 rings (SSSR count). The zero-order chi connectivity index (χ0) is 16.9. The van der Waals surface area contributed by atoms with Crippen LogP contribution in [0.5, 0.6) is 0 Å². The molecular formula is C24H42. The first-order chi connectivity index (χ1) is 11.5. The molecule has 3 unspecified atom stereocenters. The number of hydrogen-bond donors (Lipinski definition) is 0. The molecule has 0 heterocycles. The van der Waals surface area contributed by atoms with Gasteiger partial charge in [0.25, 0.3) is 0 Å². The highest BCUT2D eigenvalue weighted by Gasteiger charge is 2.59. The summed E-state index contributed by atoms with van der Waals surface area (Å²) in [5, 5.41) is 0. The van der Waals surface area contributed by atoms with Gasteiger partial charge in [-0.1, -0.05) is 47.0 Å². The average Bonchev–Trinajstić information content (AvgIpc) is 2.91. The van der Waals surface area contributed by atoms with E-state index in [4.69, 9.17) is 0 Å². The van der Waals surface area contributed by atoms with Crippen molar-refractivity contribution in [3.8, 4) is 0 Å². The summed E-state index contributed by atoms with van der Waals surface area (Å²) in [7, 11) is 0. The highest BCUT2D eigenvalue weighted by Crippen LogP contribution is 2.68. The molecule has 0 aromatic carbocycles. The predicted octanol–water partition coefficient (Wildman–Crippen LogP) is 7.47. The largest absolute Gasteiger partial charge is 0.0654 e. The van der Waals surface area contributed by atoms with Crippen molar-refractivity contribution in [2.75, 3.05) is 0 Å². The molecule has 4 saturated carbocycles. The second-order valence-electron chi connectivity index (χ2n) is 10.8. The Balaban J connectivity index is 1.55. The predicted molar refractivity (Wildman–Crippen MR) is 104 cm³/mol. The first kappa shape index (κ1) is 17.4. The smallest absolute Gasteiger partial charge is 0.0266 e. The van der Waals surface area contributed by atoms with Gasteiger partial charge in [0.2, 0.25) is 0 Å². The van der Waals surface area contributed by atoms with Gasteiger partial charge in [0.05, 0.1) is 0 Å². The maximum Gasteiger partial charge on any atom is -0.0266 e. The van der Waals surface area contributed by atoms with Crippen LogP contribution in [0.4, 0.5) is 0 Å². The van der Waals surface area contributed by atoms with Crippen molar-refractivity contribution in [2.45, 2.75) is 105 Å². The lowest BCUT2D eigenvalue weighted by molar-refractivity contribution is -0.118. The van der Waals surface area contributed by atoms with Gasteiger partial charge in [-0.3, -0.25) is 0 Å². The van der Waals surface area contributed by atoms with Gasteiger partial charge in [-0.25, -0.2) is 0 Å². The zero-order valence-electron chi connectivity index (χ0n) is 16.9. The standard InChI is InChI=1S/C24H42/c1-5-7-18-9-11-21-20-10-8-19-16-17(6-2)12-14-24(19,4)22(20)13-15-23(18,21)3/h17-22H,5-16H2,1-4H3/t17-,18?,19+,20-,21?,22?,23+,24-/m0/s1. The molecule has 4 aliphatic rings. The van der Waals surface area contributed by atoms with Crippen molar-refractivity contribution < 1.29 is 0 Å². The van der Waals surface area contributed by atoms with E-state index < -0.39 is 0 Å². The molecule has 0 aliphatic heterocycles. The van der Waals surface area contributed by atoms with E-state index in [9.17, 15) is 0 Å². The van der Waals surface area contributed by atoms with Crippen molar-refractivity contribution in [3.63, 3.8) is 0 Å². The first-order valence-corrected chi connectivity index (χ1v) is 11.5. The van der Waals surface area contributed by atoms with Crippen LogP contribution in [0.3, 0.4) is 0 Å². The molecule has 0 N–H and O–H groups in total. The summed E-state index contributed by atoms with van der Waals surface area (Å²) in [6.45, 7) is 10.3. The highest BCUT2D eigenvalue weighted by molar-refractivity contribution is 5.09. The Bertz CT molecular complexity index is 453. The molecule has 0 saturated heterocycles. The summed E-state index contributed by atoms with van der Waals surface area (Å²) in [5.41, 5.74) is 1.42. The molecule has 8 atom stereocenters. The fourth-order valence-corrected chi connectivity index (χ4v) is 8.65. The molecule has 4 aliphatic carbocycles. The first-order valence-electron chi connectivity index (χ1n) is 11.5. The van der Waals surface area contributed by atoms with Crippen LogP contribution in [0.2, 0.25) is 0 Å². The third kappa shape index (κ3) is 2.44. The Labute approximate surface area is 151 Å². The minimum absolute atomic E-state index is 0.707. The van der Waals surface area contributed by atoms with Crippen molar-refractivity contribution in [2.24, 2.45) is 46.3 Å². The van der Waals surface area contributed by atoms with Crippen molar-refractivity contribution >= 4 is 0 Å². The number of fused-ring (bicyclic) bond motifs is 5. The van der Waals surface area contributed by atoms with Crippen molar-refractivity contribution in [3.05, 3.63) is 0 Å². The van der Waals surface area contributed by atoms with E-state index in [1.54, 1.807) is 51.4 Å². The molecule has 0 amide bonds. The van der Waals surface area contributed by atoms with Gasteiger partial charge in [-0.15, -0.1) is 0 Å². The van der Waals surface area contributed by atoms with Crippen LogP contribution in [-0.2, 0) is 0 Å². The van der Waals surface area contributed by atoms with Crippen LogP contribution in [0.15, 0.2) is 0 Å². The molecule has 4 fully saturated rings. The zero-order valence-corrected chi connectivity index (χ0v) is 16.9. The molecule has 0 heteroatoms. The lowest BCUT2D eigenvalue weighted by Crippen LogP contribution is -2.53. The number of hydrogen-bond acceptors (Lipinski definition) is 0. The van der Waals surface area contributed by atoms with Crippen LogP contribution >= 0.6 is 0 Å². The third-order valence-corrected chi connectivity index (χ3v) is 10.2. The van der Waals surface area contributed by atoms with E-state index in [1.165, 1.54) is 25.7 Å². The van der Waals surface area contributed by atoms with Gasteiger partial charge in [-0.2, -0.15) is 0 Å². The SMILES string of the molecule is CCCC1CCC2[C@@H]3CC[C@@H]4C[C@@H](CC)CC[C@]4(C)C3CC[C@]12C. The third-order valence-electron chi connectivity index (χ3n) is 10.2. The summed E-state index contributed by atoms with van der Waals surface area (Å²) in [4.78, 5) is 0. The maximum absolute atomic E-state index is 2.74.